The van der Waals surface area contributed by atoms with Crippen molar-refractivity contribution in [2.75, 3.05) is 33.0 Å². The van der Waals surface area contributed by atoms with E-state index in [-0.39, 0.29) is 102 Å². The van der Waals surface area contributed by atoms with E-state index in [0.717, 1.165) is 0 Å². The largest absolute Gasteiger partial charge is 0.492 e. The van der Waals surface area contributed by atoms with E-state index in [2.05, 4.69) is 12.2 Å². The smallest absolute Gasteiger partial charge is 0.258 e. The van der Waals surface area contributed by atoms with Crippen LogP contribution in [0.15, 0.2) is 42.5 Å². The van der Waals surface area contributed by atoms with Crippen LogP contribution in [0.5, 0.6) is 11.5 Å². The third-order valence-electron chi connectivity index (χ3n) is 5.43. The molecule has 36 heavy (non-hydrogen) atoms. The molecule has 2 unspecified atom stereocenters. The van der Waals surface area contributed by atoms with Crippen molar-refractivity contribution in [2.24, 2.45) is 0 Å². The Bertz CT molecular complexity index is 1030. The van der Waals surface area contributed by atoms with Gasteiger partial charge in [0.05, 0.1) is 24.7 Å². The Hall–Kier alpha value is -2.20. The Morgan fingerprint density at radius 2 is 1.92 bits per heavy atom. The van der Waals surface area contributed by atoms with Crippen LogP contribution in [0.2, 0.25) is 0 Å². The number of rotatable bonds is 13. The van der Waals surface area contributed by atoms with Crippen LogP contribution in [0.3, 0.4) is 0 Å². The predicted molar refractivity (Wildman–Crippen MR) is 125 cm³/mol. The number of halogens is 1. The number of hydrogen-bond donors (Lipinski definition) is 2. The van der Waals surface area contributed by atoms with Crippen LogP contribution in [-0.2, 0) is 47.0 Å². The Morgan fingerprint density at radius 3 is 2.64 bits per heavy atom. The minimum absolute atomic E-state index is 0. The van der Waals surface area contributed by atoms with Crippen LogP contribution in [0.1, 0.15) is 41.1 Å². The van der Waals surface area contributed by atoms with Crippen molar-refractivity contribution in [1.29, 1.82) is 0 Å². The Kier molecular flexibility index (Phi) is 12.6. The minimum Gasteiger partial charge on any atom is -0.492 e. The first-order chi connectivity index (χ1) is 16.8. The van der Waals surface area contributed by atoms with Gasteiger partial charge in [0.25, 0.3) is 5.91 Å². The predicted octanol–water partition coefficient (Wildman–Crippen LogP) is 2.63. The molecule has 2 aromatic rings. The molecule has 1 aliphatic rings. The van der Waals surface area contributed by atoms with Crippen molar-refractivity contribution >= 4 is 17.5 Å². The van der Waals surface area contributed by atoms with Gasteiger partial charge in [-0.1, -0.05) is 18.2 Å². The molecule has 3 rings (SSSR count). The second-order valence-corrected chi connectivity index (χ2v) is 8.17. The summed E-state index contributed by atoms with van der Waals surface area (Å²) in [5.41, 5.74) is 1.09. The Balaban J connectivity index is 0.00000456. The van der Waals surface area contributed by atoms with E-state index in [1.54, 1.807) is 30.3 Å². The quantitative estimate of drug-likeness (QED) is 0.279. The normalized spacial score (nSPS) is 15.2. The Labute approximate surface area is 234 Å². The molecule has 1 radical (unpaired) electrons. The van der Waals surface area contributed by atoms with Crippen LogP contribution in [0, 0.1) is 12.7 Å². The molecule has 0 bridgehead atoms. The van der Waals surface area contributed by atoms with Gasteiger partial charge in [0.2, 0.25) is 0 Å². The van der Waals surface area contributed by atoms with E-state index < -0.39 is 12.0 Å². The minimum atomic E-state index is -0.742. The number of aliphatic hydroxyl groups excluding tert-OH is 1. The van der Waals surface area contributed by atoms with E-state index in [9.17, 15) is 18.8 Å². The summed E-state index contributed by atoms with van der Waals surface area (Å²) in [5.74, 6) is -0.599. The standard InChI is InChI=1S/C26H29FNO7.Y/c1-17(29)2-7-20(30)10-12-33-13-11-28-25(31)16-34-21-8-9-22-24(14-21)35-15-23(26(22)32)18-3-5-19(27)6-4-18;/h3-6,8-9,14,17,23,29H,1-2,7,10-13,15-16H2,(H,28,31);/q-1;. The number of ether oxygens (including phenoxy) is 3. The van der Waals surface area contributed by atoms with Gasteiger partial charge in [-0.15, -0.1) is 0 Å². The summed E-state index contributed by atoms with van der Waals surface area (Å²) in [5, 5.41) is 11.7. The van der Waals surface area contributed by atoms with Crippen LogP contribution in [0.4, 0.5) is 4.39 Å². The molecule has 1 amide bonds. The maximum absolute atomic E-state index is 13.2. The van der Waals surface area contributed by atoms with Crippen LogP contribution >= 0.6 is 0 Å². The SMILES string of the molecule is [CH2-]C(O)CCC(=O)CCOCCNC(=O)COc1ccc2c(c1)OCC(c1ccc(F)cc1)C2=O.[Y]. The molecule has 2 aromatic carbocycles. The van der Waals surface area contributed by atoms with Crippen molar-refractivity contribution in [3.8, 4) is 11.5 Å². The van der Waals surface area contributed by atoms with Gasteiger partial charge in [-0.2, -0.15) is 0 Å². The first kappa shape index (κ1) is 30.0. The van der Waals surface area contributed by atoms with Gasteiger partial charge in [-0.3, -0.25) is 14.4 Å². The number of fused-ring (bicyclic) bond motifs is 1. The summed E-state index contributed by atoms with van der Waals surface area (Å²) >= 11 is 0. The van der Waals surface area contributed by atoms with E-state index in [4.69, 9.17) is 19.3 Å². The van der Waals surface area contributed by atoms with Gasteiger partial charge in [0.1, 0.15) is 29.7 Å². The summed E-state index contributed by atoms with van der Waals surface area (Å²) in [7, 11) is 0. The molecule has 191 valence electrons. The zero-order valence-corrected chi connectivity index (χ0v) is 22.8. The number of carbonyl (C=O) groups excluding carboxylic acids is 3. The van der Waals surface area contributed by atoms with E-state index in [1.165, 1.54) is 12.1 Å². The number of hydrogen-bond acceptors (Lipinski definition) is 7. The molecule has 0 saturated carbocycles. The van der Waals surface area contributed by atoms with Gasteiger partial charge in [-0.05, 0) is 36.2 Å². The molecule has 0 saturated heterocycles. The van der Waals surface area contributed by atoms with Gasteiger partial charge in [-0.25, -0.2) is 4.39 Å². The van der Waals surface area contributed by atoms with Crippen molar-refractivity contribution < 1.29 is 70.8 Å². The van der Waals surface area contributed by atoms with Crippen molar-refractivity contribution in [2.45, 2.75) is 31.3 Å². The topological polar surface area (TPSA) is 111 Å². The molecule has 2 N–H and O–H groups in total. The fraction of sp³-hybridized carbons (Fsp3) is 0.385. The number of carbonyl (C=O) groups is 3. The summed E-state index contributed by atoms with van der Waals surface area (Å²) < 4.78 is 29.7. The fourth-order valence-corrected chi connectivity index (χ4v) is 3.50. The molecule has 0 fully saturated rings. The van der Waals surface area contributed by atoms with Crippen LogP contribution < -0.4 is 14.8 Å². The molecule has 0 aliphatic carbocycles. The number of Topliss-reactive ketones (excluding diaryl/α,β-unsaturated/α-hetero) is 2. The molecule has 0 spiro atoms. The van der Waals surface area contributed by atoms with E-state index >= 15 is 0 Å². The first-order valence-corrected chi connectivity index (χ1v) is 11.4. The number of nitrogens with one attached hydrogen (secondary N) is 1. The maximum atomic E-state index is 13.2. The van der Waals surface area contributed by atoms with E-state index in [1.807, 2.05) is 0 Å². The summed E-state index contributed by atoms with van der Waals surface area (Å²) in [6, 6.07) is 10.5. The van der Waals surface area contributed by atoms with Crippen molar-refractivity contribution in [1.82, 2.24) is 5.32 Å². The fourth-order valence-electron chi connectivity index (χ4n) is 3.50. The molecule has 0 aromatic heterocycles. The summed E-state index contributed by atoms with van der Waals surface area (Å²) in [6.07, 6.45) is 0.0996. The van der Waals surface area contributed by atoms with Gasteiger partial charge < -0.3 is 31.6 Å². The third-order valence-corrected chi connectivity index (χ3v) is 5.43. The Morgan fingerprint density at radius 1 is 1.17 bits per heavy atom. The maximum Gasteiger partial charge on any atom is 0.258 e. The van der Waals surface area contributed by atoms with Gasteiger partial charge in [0.15, 0.2) is 12.4 Å². The second kappa shape index (κ2) is 15.1. The molecule has 1 aliphatic heterocycles. The molecular weight excluding hydrogens is 546 g/mol. The summed E-state index contributed by atoms with van der Waals surface area (Å²) in [6.45, 7) is 4.08. The van der Waals surface area contributed by atoms with Crippen LogP contribution in [0.25, 0.3) is 0 Å². The van der Waals surface area contributed by atoms with Gasteiger partial charge >= 0.3 is 0 Å². The molecule has 8 nitrogen and oxygen atoms in total. The number of ketones is 2. The van der Waals surface area contributed by atoms with E-state index in [0.29, 0.717) is 29.0 Å². The zero-order chi connectivity index (χ0) is 25.2. The number of aliphatic hydroxyl groups is 1. The third kappa shape index (κ3) is 9.35. The zero-order valence-electron chi connectivity index (χ0n) is 19.9. The number of benzene rings is 2. The first-order valence-electron chi connectivity index (χ1n) is 11.4. The average Bonchev–Trinajstić information content (AvgIpc) is 2.84. The second-order valence-electron chi connectivity index (χ2n) is 8.17. The summed E-state index contributed by atoms with van der Waals surface area (Å²) in [4.78, 5) is 36.4. The number of amides is 1. The van der Waals surface area contributed by atoms with Crippen LogP contribution in [-0.4, -0.2) is 61.7 Å². The average molecular weight is 575 g/mol. The monoisotopic (exact) mass is 575 g/mol. The molecule has 1 heterocycles. The van der Waals surface area contributed by atoms with Crippen molar-refractivity contribution in [3.05, 3.63) is 66.3 Å². The molecule has 2 atom stereocenters. The molecular formula is C26H29FNO7Y-. The molecule has 10 heteroatoms. The van der Waals surface area contributed by atoms with Crippen molar-refractivity contribution in [3.63, 3.8) is 0 Å². The van der Waals surface area contributed by atoms with Gasteiger partial charge in [0, 0.05) is 58.2 Å².